The van der Waals surface area contributed by atoms with Crippen molar-refractivity contribution in [3.8, 4) is 5.75 Å². The molecule has 0 bridgehead atoms. The van der Waals surface area contributed by atoms with Crippen LogP contribution in [0.5, 0.6) is 5.75 Å². The molecule has 0 saturated heterocycles. The van der Waals surface area contributed by atoms with Crippen LogP contribution < -0.4 is 10.1 Å². The van der Waals surface area contributed by atoms with Crippen molar-refractivity contribution < 1.29 is 22.7 Å². The van der Waals surface area contributed by atoms with E-state index in [-0.39, 0.29) is 18.1 Å². The maximum absolute atomic E-state index is 12.9. The van der Waals surface area contributed by atoms with Crippen LogP contribution in [0.1, 0.15) is 35.6 Å². The van der Waals surface area contributed by atoms with Gasteiger partial charge in [-0.25, -0.2) is 9.50 Å². The molecule has 30 heavy (non-hydrogen) atoms. The van der Waals surface area contributed by atoms with E-state index in [2.05, 4.69) is 20.4 Å². The number of ether oxygens (including phenoxy) is 1. The van der Waals surface area contributed by atoms with Crippen LogP contribution in [0.2, 0.25) is 0 Å². The number of carbonyl (C=O) groups excluding carboxylic acids is 1. The van der Waals surface area contributed by atoms with Gasteiger partial charge in [0.15, 0.2) is 0 Å². The van der Waals surface area contributed by atoms with Crippen molar-refractivity contribution in [3.63, 3.8) is 0 Å². The van der Waals surface area contributed by atoms with Gasteiger partial charge < -0.3 is 10.1 Å². The minimum absolute atomic E-state index is 0.00231. The van der Waals surface area contributed by atoms with Crippen molar-refractivity contribution >= 4 is 11.7 Å². The molecule has 160 valence electrons. The second kappa shape index (κ2) is 9.10. The minimum Gasteiger partial charge on any atom is -0.494 e. The number of alkyl halides is 3. The Bertz CT molecular complexity index is 1020. The standard InChI is InChI=1S/C20H22F3N5O2/c1-13-16(14(2)28-19(25-13)26-18(27-28)20(21,22)23)12-17(29)24-10-6-7-11-30-15-8-4-3-5-9-15/h3-5,8-9H,6-7,10-12H2,1-2H3,(H,24,29). The lowest BCUT2D eigenvalue weighted by atomic mass is 10.1. The van der Waals surface area contributed by atoms with Gasteiger partial charge in [0.05, 0.1) is 13.0 Å². The Morgan fingerprint density at radius 3 is 2.57 bits per heavy atom. The molecule has 0 fully saturated rings. The van der Waals surface area contributed by atoms with Gasteiger partial charge in [-0.05, 0) is 38.8 Å². The molecule has 2 heterocycles. The van der Waals surface area contributed by atoms with Crippen molar-refractivity contribution in [3.05, 3.63) is 53.1 Å². The summed E-state index contributed by atoms with van der Waals surface area (Å²) in [4.78, 5) is 19.8. The molecule has 3 rings (SSSR count). The lowest BCUT2D eigenvalue weighted by Crippen LogP contribution is -2.27. The average molecular weight is 421 g/mol. The summed E-state index contributed by atoms with van der Waals surface area (Å²) in [6.07, 6.45) is -3.14. The second-order valence-electron chi connectivity index (χ2n) is 6.80. The van der Waals surface area contributed by atoms with Gasteiger partial charge in [0.25, 0.3) is 11.6 Å². The van der Waals surface area contributed by atoms with Crippen LogP contribution in [0.15, 0.2) is 30.3 Å². The van der Waals surface area contributed by atoms with E-state index in [1.807, 2.05) is 30.3 Å². The average Bonchev–Trinajstić information content (AvgIpc) is 3.13. The van der Waals surface area contributed by atoms with Crippen molar-refractivity contribution in [1.29, 1.82) is 0 Å². The third-order valence-electron chi connectivity index (χ3n) is 4.55. The molecule has 1 aromatic carbocycles. The molecule has 0 atom stereocenters. The molecule has 0 radical (unpaired) electrons. The minimum atomic E-state index is -4.66. The summed E-state index contributed by atoms with van der Waals surface area (Å²) in [5, 5.41) is 6.30. The van der Waals surface area contributed by atoms with Crippen LogP contribution in [0.4, 0.5) is 13.2 Å². The number of nitrogens with one attached hydrogen (secondary N) is 1. The lowest BCUT2D eigenvalue weighted by molar-refractivity contribution is -0.144. The van der Waals surface area contributed by atoms with E-state index in [0.717, 1.165) is 23.1 Å². The quantitative estimate of drug-likeness (QED) is 0.565. The fourth-order valence-electron chi connectivity index (χ4n) is 2.97. The first-order chi connectivity index (χ1) is 14.3. The number of benzene rings is 1. The monoisotopic (exact) mass is 421 g/mol. The number of carbonyl (C=O) groups is 1. The number of nitrogens with zero attached hydrogens (tertiary/aromatic N) is 4. The number of aromatic nitrogens is 4. The summed E-state index contributed by atoms with van der Waals surface area (Å²) in [7, 11) is 0. The largest absolute Gasteiger partial charge is 0.494 e. The number of hydrogen-bond acceptors (Lipinski definition) is 5. The summed E-state index contributed by atoms with van der Waals surface area (Å²) >= 11 is 0. The highest BCUT2D eigenvalue weighted by Crippen LogP contribution is 2.27. The fourth-order valence-corrected chi connectivity index (χ4v) is 2.97. The summed E-state index contributed by atoms with van der Waals surface area (Å²) in [5.74, 6) is -0.823. The molecular formula is C20H22F3N5O2. The molecule has 0 unspecified atom stereocenters. The lowest BCUT2D eigenvalue weighted by Gasteiger charge is -2.11. The van der Waals surface area contributed by atoms with Crippen molar-refractivity contribution in [2.75, 3.05) is 13.2 Å². The number of halogens is 3. The normalized spacial score (nSPS) is 11.6. The Morgan fingerprint density at radius 1 is 1.13 bits per heavy atom. The summed E-state index contributed by atoms with van der Waals surface area (Å²) in [6, 6.07) is 9.47. The molecule has 0 saturated carbocycles. The number of aryl methyl sites for hydroxylation is 2. The highest BCUT2D eigenvalue weighted by molar-refractivity contribution is 5.79. The van der Waals surface area contributed by atoms with Crippen LogP contribution in [0.25, 0.3) is 5.78 Å². The summed E-state index contributed by atoms with van der Waals surface area (Å²) in [6.45, 7) is 4.26. The Morgan fingerprint density at radius 2 is 1.87 bits per heavy atom. The molecule has 1 N–H and O–H groups in total. The first-order valence-electron chi connectivity index (χ1n) is 9.50. The molecule has 0 spiro atoms. The zero-order valence-electron chi connectivity index (χ0n) is 16.7. The van der Waals surface area contributed by atoms with Crippen LogP contribution in [0, 0.1) is 13.8 Å². The van der Waals surface area contributed by atoms with Gasteiger partial charge in [0.2, 0.25) is 5.91 Å². The van der Waals surface area contributed by atoms with Gasteiger partial charge in [0.1, 0.15) is 5.75 Å². The fraction of sp³-hybridized carbons (Fsp3) is 0.400. The van der Waals surface area contributed by atoms with E-state index >= 15 is 0 Å². The van der Waals surface area contributed by atoms with E-state index in [1.54, 1.807) is 13.8 Å². The number of unbranched alkanes of at least 4 members (excludes halogenated alkanes) is 1. The SMILES string of the molecule is Cc1nc2nc(C(F)(F)F)nn2c(C)c1CC(=O)NCCCCOc1ccccc1. The Kier molecular flexibility index (Phi) is 6.53. The maximum Gasteiger partial charge on any atom is 0.453 e. The molecule has 1 amide bonds. The molecule has 2 aromatic heterocycles. The third-order valence-corrected chi connectivity index (χ3v) is 4.55. The van der Waals surface area contributed by atoms with Crippen LogP contribution >= 0.6 is 0 Å². The van der Waals surface area contributed by atoms with Crippen LogP contribution in [-0.2, 0) is 17.4 Å². The van der Waals surface area contributed by atoms with Gasteiger partial charge >= 0.3 is 6.18 Å². The molecule has 0 aliphatic rings. The molecular weight excluding hydrogens is 399 g/mol. The Hall–Kier alpha value is -3.17. The zero-order valence-corrected chi connectivity index (χ0v) is 16.7. The molecule has 10 heteroatoms. The molecule has 0 aliphatic heterocycles. The molecule has 3 aromatic rings. The van der Waals surface area contributed by atoms with Crippen molar-refractivity contribution in [2.24, 2.45) is 0 Å². The number of para-hydroxylation sites is 1. The zero-order chi connectivity index (χ0) is 21.7. The van der Waals surface area contributed by atoms with Gasteiger partial charge in [-0.15, -0.1) is 5.10 Å². The number of amides is 1. The predicted molar refractivity (Wildman–Crippen MR) is 103 cm³/mol. The first kappa shape index (κ1) is 21.5. The highest BCUT2D eigenvalue weighted by Gasteiger charge is 2.37. The Balaban J connectivity index is 1.52. The van der Waals surface area contributed by atoms with Gasteiger partial charge in [-0.2, -0.15) is 18.2 Å². The van der Waals surface area contributed by atoms with Crippen molar-refractivity contribution in [1.82, 2.24) is 24.9 Å². The topological polar surface area (TPSA) is 81.4 Å². The van der Waals surface area contributed by atoms with E-state index < -0.39 is 12.0 Å². The smallest absolute Gasteiger partial charge is 0.453 e. The van der Waals surface area contributed by atoms with E-state index in [9.17, 15) is 18.0 Å². The van der Waals surface area contributed by atoms with Gasteiger partial charge in [-0.3, -0.25) is 4.79 Å². The first-order valence-corrected chi connectivity index (χ1v) is 9.50. The van der Waals surface area contributed by atoms with Crippen LogP contribution in [0.3, 0.4) is 0 Å². The molecule has 0 aliphatic carbocycles. The highest BCUT2D eigenvalue weighted by atomic mass is 19.4. The molecule has 7 nitrogen and oxygen atoms in total. The Labute approximate surface area is 171 Å². The van der Waals surface area contributed by atoms with E-state index in [4.69, 9.17) is 4.74 Å². The van der Waals surface area contributed by atoms with E-state index in [1.165, 1.54) is 0 Å². The third kappa shape index (κ3) is 5.25. The number of hydrogen-bond donors (Lipinski definition) is 1. The predicted octanol–water partition coefficient (Wildman–Crippen LogP) is 3.28. The van der Waals surface area contributed by atoms with Crippen LogP contribution in [-0.4, -0.2) is 38.6 Å². The summed E-state index contributed by atoms with van der Waals surface area (Å²) < 4.78 is 45.2. The van der Waals surface area contributed by atoms with Gasteiger partial charge in [0, 0.05) is 23.5 Å². The number of rotatable bonds is 8. The van der Waals surface area contributed by atoms with Crippen molar-refractivity contribution in [2.45, 2.75) is 39.3 Å². The summed E-state index contributed by atoms with van der Waals surface area (Å²) in [5.41, 5.74) is 1.39. The maximum atomic E-state index is 12.9. The second-order valence-corrected chi connectivity index (χ2v) is 6.80. The van der Waals surface area contributed by atoms with Gasteiger partial charge in [-0.1, -0.05) is 18.2 Å². The number of fused-ring (bicyclic) bond motifs is 1. The van der Waals surface area contributed by atoms with E-state index in [0.29, 0.717) is 30.1 Å².